The number of hydrogen-bond acceptors (Lipinski definition) is 7. The minimum atomic E-state index is -2.87. The summed E-state index contributed by atoms with van der Waals surface area (Å²) in [5.41, 5.74) is 1.47. The van der Waals surface area contributed by atoms with Crippen LogP contribution in [-0.4, -0.2) is 48.1 Å². The van der Waals surface area contributed by atoms with Crippen molar-refractivity contribution < 1.29 is 13.5 Å². The van der Waals surface area contributed by atoms with Gasteiger partial charge in [0.1, 0.15) is 5.75 Å². The Bertz CT molecular complexity index is 1280. The van der Waals surface area contributed by atoms with E-state index in [-0.39, 0.29) is 11.8 Å². The number of tetrazole rings is 1. The first-order valence-electron chi connectivity index (χ1n) is 10.8. The average molecular weight is 487 g/mol. The topological polar surface area (TPSA) is 86.8 Å². The van der Waals surface area contributed by atoms with Crippen molar-refractivity contribution in [1.29, 1.82) is 0 Å². The van der Waals surface area contributed by atoms with E-state index in [1.54, 1.807) is 24.3 Å². The first-order valence-corrected chi connectivity index (χ1v) is 11.1. The standard InChI is InChI=1S/C22H21ClF2N8O/c1-31-20(14-8-10-17(11-9-14)34-21(24)25)27-28-22(31)32-12-3-2-7-18(32)19-26-30-33(29-19)16-6-4-5-15(23)13-16/h4-6,8-11,13,18,21H,2-3,7,12H2,1H3. The summed E-state index contributed by atoms with van der Waals surface area (Å²) in [5.74, 6) is 1.97. The molecule has 1 atom stereocenters. The summed E-state index contributed by atoms with van der Waals surface area (Å²) in [4.78, 5) is 3.60. The van der Waals surface area contributed by atoms with Gasteiger partial charge in [0.15, 0.2) is 11.6 Å². The van der Waals surface area contributed by atoms with Gasteiger partial charge >= 0.3 is 6.61 Å². The SMILES string of the molecule is Cn1c(-c2ccc(OC(F)F)cc2)nnc1N1CCCCC1c1nnn(-c2cccc(Cl)c2)n1. The van der Waals surface area contributed by atoms with Crippen molar-refractivity contribution in [3.8, 4) is 22.8 Å². The van der Waals surface area contributed by atoms with Crippen molar-refractivity contribution in [2.24, 2.45) is 7.05 Å². The Kier molecular flexibility index (Phi) is 6.10. The van der Waals surface area contributed by atoms with E-state index in [9.17, 15) is 8.78 Å². The van der Waals surface area contributed by atoms with Gasteiger partial charge in [0.2, 0.25) is 5.95 Å². The molecular weight excluding hydrogens is 466 g/mol. The molecule has 2 aromatic carbocycles. The highest BCUT2D eigenvalue weighted by atomic mass is 35.5. The summed E-state index contributed by atoms with van der Waals surface area (Å²) in [6, 6.07) is 13.5. The minimum absolute atomic E-state index is 0.0890. The minimum Gasteiger partial charge on any atom is -0.435 e. The first kappa shape index (κ1) is 22.2. The molecule has 0 saturated carbocycles. The van der Waals surface area contributed by atoms with Crippen LogP contribution in [0.1, 0.15) is 31.1 Å². The third-order valence-electron chi connectivity index (χ3n) is 5.72. The Labute approximate surface area is 198 Å². The van der Waals surface area contributed by atoms with Crippen LogP contribution in [0.3, 0.4) is 0 Å². The number of nitrogens with zero attached hydrogens (tertiary/aromatic N) is 8. The number of benzene rings is 2. The highest BCUT2D eigenvalue weighted by Crippen LogP contribution is 2.34. The molecule has 2 aromatic heterocycles. The van der Waals surface area contributed by atoms with E-state index in [1.807, 2.05) is 23.7 Å². The fraction of sp³-hybridized carbons (Fsp3) is 0.318. The van der Waals surface area contributed by atoms with E-state index in [0.29, 0.717) is 22.6 Å². The Morgan fingerprint density at radius 3 is 2.65 bits per heavy atom. The Hall–Kier alpha value is -3.60. The van der Waals surface area contributed by atoms with Crippen LogP contribution in [-0.2, 0) is 7.05 Å². The van der Waals surface area contributed by atoms with E-state index in [1.165, 1.54) is 16.9 Å². The van der Waals surface area contributed by atoms with Crippen molar-refractivity contribution in [1.82, 2.24) is 35.0 Å². The maximum atomic E-state index is 12.4. The van der Waals surface area contributed by atoms with Crippen LogP contribution in [0.4, 0.5) is 14.7 Å². The quantitative estimate of drug-likeness (QED) is 0.398. The van der Waals surface area contributed by atoms with Gasteiger partial charge in [-0.3, -0.25) is 4.57 Å². The fourth-order valence-corrected chi connectivity index (χ4v) is 4.30. The summed E-state index contributed by atoms with van der Waals surface area (Å²) in [6.45, 7) is -2.10. The van der Waals surface area contributed by atoms with E-state index >= 15 is 0 Å². The molecule has 0 N–H and O–H groups in total. The van der Waals surface area contributed by atoms with Crippen LogP contribution in [0, 0.1) is 0 Å². The summed E-state index contributed by atoms with van der Waals surface area (Å²) in [7, 11) is 1.87. The first-order chi connectivity index (χ1) is 16.5. The van der Waals surface area contributed by atoms with Gasteiger partial charge in [-0.2, -0.15) is 8.78 Å². The Morgan fingerprint density at radius 1 is 1.06 bits per heavy atom. The van der Waals surface area contributed by atoms with Gasteiger partial charge in [-0.05, 0) is 66.9 Å². The molecule has 1 fully saturated rings. The second kappa shape index (κ2) is 9.34. The lowest BCUT2D eigenvalue weighted by atomic mass is 10.0. The number of piperidine rings is 1. The zero-order valence-corrected chi connectivity index (χ0v) is 19.0. The molecule has 176 valence electrons. The van der Waals surface area contributed by atoms with Crippen molar-refractivity contribution in [2.75, 3.05) is 11.4 Å². The molecule has 12 heteroatoms. The smallest absolute Gasteiger partial charge is 0.387 e. The van der Waals surface area contributed by atoms with Gasteiger partial charge in [-0.25, -0.2) is 0 Å². The number of hydrogen-bond donors (Lipinski definition) is 0. The normalized spacial score (nSPS) is 16.3. The maximum Gasteiger partial charge on any atom is 0.387 e. The van der Waals surface area contributed by atoms with Gasteiger partial charge in [0.25, 0.3) is 0 Å². The van der Waals surface area contributed by atoms with Crippen LogP contribution in [0.2, 0.25) is 5.02 Å². The van der Waals surface area contributed by atoms with Crippen molar-refractivity contribution in [3.63, 3.8) is 0 Å². The molecular formula is C22H21ClF2N8O. The van der Waals surface area contributed by atoms with Crippen molar-refractivity contribution in [2.45, 2.75) is 31.9 Å². The predicted octanol–water partition coefficient (Wildman–Crippen LogP) is 4.44. The highest BCUT2D eigenvalue weighted by molar-refractivity contribution is 6.30. The molecule has 0 bridgehead atoms. The Balaban J connectivity index is 1.41. The lowest BCUT2D eigenvalue weighted by molar-refractivity contribution is -0.0498. The zero-order chi connectivity index (χ0) is 23.7. The molecule has 1 saturated heterocycles. The summed E-state index contributed by atoms with van der Waals surface area (Å²) in [6.07, 6.45) is 2.88. The van der Waals surface area contributed by atoms with Crippen LogP contribution >= 0.6 is 11.6 Å². The van der Waals surface area contributed by atoms with Crippen molar-refractivity contribution >= 4 is 17.5 Å². The van der Waals surface area contributed by atoms with E-state index in [0.717, 1.165) is 37.1 Å². The molecule has 0 amide bonds. The van der Waals surface area contributed by atoms with E-state index < -0.39 is 6.61 Å². The molecule has 0 spiro atoms. The average Bonchev–Trinajstić information content (AvgIpc) is 3.47. The lowest BCUT2D eigenvalue weighted by Gasteiger charge is -2.34. The number of ether oxygens (including phenoxy) is 1. The number of rotatable bonds is 6. The van der Waals surface area contributed by atoms with Gasteiger partial charge < -0.3 is 9.64 Å². The molecule has 3 heterocycles. The van der Waals surface area contributed by atoms with Gasteiger partial charge in [-0.1, -0.05) is 17.7 Å². The van der Waals surface area contributed by atoms with Gasteiger partial charge in [-0.15, -0.1) is 25.2 Å². The molecule has 1 aliphatic rings. The fourth-order valence-electron chi connectivity index (χ4n) is 4.12. The highest BCUT2D eigenvalue weighted by Gasteiger charge is 2.31. The molecule has 4 aromatic rings. The van der Waals surface area contributed by atoms with Gasteiger partial charge in [0, 0.05) is 24.2 Å². The van der Waals surface area contributed by atoms with Crippen LogP contribution < -0.4 is 9.64 Å². The number of halogens is 3. The molecule has 34 heavy (non-hydrogen) atoms. The third kappa shape index (κ3) is 4.43. The Morgan fingerprint density at radius 2 is 1.88 bits per heavy atom. The molecule has 1 unspecified atom stereocenters. The molecule has 5 rings (SSSR count). The van der Waals surface area contributed by atoms with Crippen LogP contribution in [0.15, 0.2) is 48.5 Å². The second-order valence-corrected chi connectivity index (χ2v) is 8.34. The van der Waals surface area contributed by atoms with Crippen LogP contribution in [0.25, 0.3) is 17.1 Å². The van der Waals surface area contributed by atoms with Crippen LogP contribution in [0.5, 0.6) is 5.75 Å². The second-order valence-electron chi connectivity index (χ2n) is 7.91. The third-order valence-corrected chi connectivity index (χ3v) is 5.95. The number of anilines is 1. The molecule has 1 aliphatic heterocycles. The zero-order valence-electron chi connectivity index (χ0n) is 18.2. The molecule has 0 radical (unpaired) electrons. The molecule has 9 nitrogen and oxygen atoms in total. The molecule has 0 aliphatic carbocycles. The lowest BCUT2D eigenvalue weighted by Crippen LogP contribution is -2.36. The van der Waals surface area contributed by atoms with E-state index in [2.05, 4.69) is 35.2 Å². The van der Waals surface area contributed by atoms with Gasteiger partial charge in [0.05, 0.1) is 11.7 Å². The maximum absolute atomic E-state index is 12.4. The number of aromatic nitrogens is 7. The summed E-state index contributed by atoms with van der Waals surface area (Å²) < 4.78 is 31.2. The summed E-state index contributed by atoms with van der Waals surface area (Å²) >= 11 is 6.10. The largest absolute Gasteiger partial charge is 0.435 e. The summed E-state index contributed by atoms with van der Waals surface area (Å²) in [5, 5.41) is 22.5. The number of alkyl halides is 2. The predicted molar refractivity (Wildman–Crippen MR) is 121 cm³/mol. The van der Waals surface area contributed by atoms with Crippen molar-refractivity contribution in [3.05, 3.63) is 59.4 Å². The monoisotopic (exact) mass is 486 g/mol. The van der Waals surface area contributed by atoms with E-state index in [4.69, 9.17) is 11.6 Å².